The Morgan fingerprint density at radius 3 is 2.31 bits per heavy atom. The minimum atomic E-state index is 0.735. The van der Waals surface area contributed by atoms with Gasteiger partial charge in [-0.2, -0.15) is 0 Å². The topological polar surface area (TPSA) is 24.1 Å². The Kier molecular flexibility index (Phi) is 3.15. The largest absolute Gasteiger partial charge is 0.347 e. The van der Waals surface area contributed by atoms with Crippen LogP contribution in [0.3, 0.4) is 0 Å². The van der Waals surface area contributed by atoms with E-state index in [1.807, 2.05) is 37.3 Å². The molecule has 0 fully saturated rings. The summed E-state index contributed by atoms with van der Waals surface area (Å²) in [5.41, 5.74) is 1.88. The monoisotopic (exact) mass is 174 g/mol. The van der Waals surface area contributed by atoms with Gasteiger partial charge in [0.1, 0.15) is 0 Å². The SMILES string of the molecule is C=C(C)NC(=C)Nc1ccccc1. The van der Waals surface area contributed by atoms with E-state index in [1.165, 1.54) is 0 Å². The lowest BCUT2D eigenvalue weighted by Gasteiger charge is -2.11. The molecule has 0 aliphatic carbocycles. The number of hydrogen-bond acceptors (Lipinski definition) is 2. The fourth-order valence-electron chi connectivity index (χ4n) is 0.985. The molecule has 68 valence electrons. The van der Waals surface area contributed by atoms with Crippen molar-refractivity contribution < 1.29 is 0 Å². The van der Waals surface area contributed by atoms with E-state index in [1.54, 1.807) is 0 Å². The molecule has 1 rings (SSSR count). The normalized spacial score (nSPS) is 9.00. The van der Waals surface area contributed by atoms with Crippen molar-refractivity contribution in [3.63, 3.8) is 0 Å². The second-order valence-electron chi connectivity index (χ2n) is 2.87. The van der Waals surface area contributed by atoms with E-state index in [0.29, 0.717) is 0 Å². The highest BCUT2D eigenvalue weighted by Crippen LogP contribution is 2.06. The van der Waals surface area contributed by atoms with Gasteiger partial charge in [0.05, 0.1) is 5.82 Å². The maximum Gasteiger partial charge on any atom is 0.0999 e. The molecule has 0 heterocycles. The first-order valence-electron chi connectivity index (χ1n) is 4.12. The predicted octanol–water partition coefficient (Wildman–Crippen LogP) is 2.69. The van der Waals surface area contributed by atoms with Gasteiger partial charge in [-0.15, -0.1) is 0 Å². The lowest BCUT2D eigenvalue weighted by molar-refractivity contribution is 0.988. The van der Waals surface area contributed by atoms with E-state index < -0.39 is 0 Å². The molecule has 0 radical (unpaired) electrons. The highest BCUT2D eigenvalue weighted by Gasteiger charge is 1.92. The van der Waals surface area contributed by atoms with Crippen LogP contribution in [-0.2, 0) is 0 Å². The van der Waals surface area contributed by atoms with Crippen molar-refractivity contribution in [1.29, 1.82) is 0 Å². The van der Waals surface area contributed by atoms with Crippen LogP contribution in [0.25, 0.3) is 0 Å². The average molecular weight is 174 g/mol. The number of nitrogens with one attached hydrogen (secondary N) is 2. The maximum atomic E-state index is 3.81. The summed E-state index contributed by atoms with van der Waals surface area (Å²) in [4.78, 5) is 0. The molecular weight excluding hydrogens is 160 g/mol. The second-order valence-corrected chi connectivity index (χ2v) is 2.87. The zero-order chi connectivity index (χ0) is 9.68. The third-order valence-electron chi connectivity index (χ3n) is 1.43. The second kappa shape index (κ2) is 4.36. The number of rotatable bonds is 4. The molecule has 0 aliphatic heterocycles. The summed E-state index contributed by atoms with van der Waals surface area (Å²) in [6.07, 6.45) is 0. The number of benzene rings is 1. The average Bonchev–Trinajstić information content (AvgIpc) is 2.04. The van der Waals surface area contributed by atoms with Crippen LogP contribution in [0.2, 0.25) is 0 Å². The Balaban J connectivity index is 2.50. The van der Waals surface area contributed by atoms with Gasteiger partial charge < -0.3 is 10.6 Å². The molecular formula is C11H14N2. The Morgan fingerprint density at radius 2 is 1.77 bits per heavy atom. The number of hydrogen-bond donors (Lipinski definition) is 2. The van der Waals surface area contributed by atoms with Gasteiger partial charge in [0.25, 0.3) is 0 Å². The molecule has 0 saturated carbocycles. The van der Waals surface area contributed by atoms with Gasteiger partial charge in [0.2, 0.25) is 0 Å². The maximum absolute atomic E-state index is 3.81. The molecule has 0 spiro atoms. The molecule has 2 heteroatoms. The van der Waals surface area contributed by atoms with Gasteiger partial charge in [-0.25, -0.2) is 0 Å². The summed E-state index contributed by atoms with van der Waals surface area (Å²) in [7, 11) is 0. The molecule has 0 aliphatic rings. The van der Waals surface area contributed by atoms with E-state index in [0.717, 1.165) is 17.2 Å². The van der Waals surface area contributed by atoms with Gasteiger partial charge in [-0.1, -0.05) is 31.4 Å². The standard InChI is InChI=1S/C11H14N2/c1-9(2)12-10(3)13-11-7-5-4-6-8-11/h4-8,12-13H,1,3H2,2H3. The summed E-state index contributed by atoms with van der Waals surface area (Å²) < 4.78 is 0. The zero-order valence-corrected chi connectivity index (χ0v) is 7.80. The Bertz CT molecular complexity index is 301. The molecule has 0 amide bonds. The van der Waals surface area contributed by atoms with Crippen molar-refractivity contribution in [2.24, 2.45) is 0 Å². The quantitative estimate of drug-likeness (QED) is 0.733. The van der Waals surface area contributed by atoms with Crippen molar-refractivity contribution in [2.75, 3.05) is 5.32 Å². The van der Waals surface area contributed by atoms with Crippen LogP contribution in [0, 0.1) is 0 Å². The minimum absolute atomic E-state index is 0.735. The fourth-order valence-corrected chi connectivity index (χ4v) is 0.985. The summed E-state index contributed by atoms with van der Waals surface area (Å²) in [5.74, 6) is 0.735. The van der Waals surface area contributed by atoms with Crippen LogP contribution in [-0.4, -0.2) is 0 Å². The van der Waals surface area contributed by atoms with Crippen LogP contribution >= 0.6 is 0 Å². The Morgan fingerprint density at radius 1 is 1.15 bits per heavy atom. The van der Waals surface area contributed by atoms with E-state index in [2.05, 4.69) is 23.8 Å². The molecule has 13 heavy (non-hydrogen) atoms. The summed E-state index contributed by atoms with van der Waals surface area (Å²) >= 11 is 0. The summed E-state index contributed by atoms with van der Waals surface area (Å²) in [6, 6.07) is 9.86. The van der Waals surface area contributed by atoms with E-state index in [4.69, 9.17) is 0 Å². The first kappa shape index (κ1) is 9.39. The lowest BCUT2D eigenvalue weighted by Crippen LogP contribution is -2.15. The number of anilines is 1. The number of allylic oxidation sites excluding steroid dienone is 1. The van der Waals surface area contributed by atoms with Crippen molar-refractivity contribution in [3.05, 3.63) is 55.0 Å². The fraction of sp³-hybridized carbons (Fsp3) is 0.0909. The third kappa shape index (κ3) is 3.47. The zero-order valence-electron chi connectivity index (χ0n) is 7.80. The van der Waals surface area contributed by atoms with Gasteiger partial charge >= 0.3 is 0 Å². The highest BCUT2D eigenvalue weighted by atomic mass is 15.1. The molecule has 0 atom stereocenters. The van der Waals surface area contributed by atoms with Crippen LogP contribution < -0.4 is 10.6 Å². The Labute approximate surface area is 79.0 Å². The summed E-state index contributed by atoms with van der Waals surface area (Å²) in [5, 5.41) is 6.10. The molecule has 1 aromatic rings. The van der Waals surface area contributed by atoms with E-state index >= 15 is 0 Å². The van der Waals surface area contributed by atoms with Crippen molar-refractivity contribution in [2.45, 2.75) is 6.92 Å². The first-order valence-corrected chi connectivity index (χ1v) is 4.12. The van der Waals surface area contributed by atoms with Crippen molar-refractivity contribution in [3.8, 4) is 0 Å². The van der Waals surface area contributed by atoms with Gasteiger partial charge in [0, 0.05) is 11.4 Å². The molecule has 0 bridgehead atoms. The van der Waals surface area contributed by atoms with Gasteiger partial charge in [-0.05, 0) is 19.1 Å². The third-order valence-corrected chi connectivity index (χ3v) is 1.43. The van der Waals surface area contributed by atoms with E-state index in [9.17, 15) is 0 Å². The van der Waals surface area contributed by atoms with Gasteiger partial charge in [0.15, 0.2) is 0 Å². The lowest BCUT2D eigenvalue weighted by atomic mass is 10.3. The molecule has 0 saturated heterocycles. The first-order chi connectivity index (χ1) is 6.18. The van der Waals surface area contributed by atoms with Gasteiger partial charge in [-0.3, -0.25) is 0 Å². The molecule has 2 N–H and O–H groups in total. The van der Waals surface area contributed by atoms with Crippen molar-refractivity contribution in [1.82, 2.24) is 5.32 Å². The van der Waals surface area contributed by atoms with Crippen LogP contribution in [0.15, 0.2) is 55.0 Å². The summed E-state index contributed by atoms with van der Waals surface area (Å²) in [6.45, 7) is 9.42. The van der Waals surface area contributed by atoms with Crippen LogP contribution in [0.5, 0.6) is 0 Å². The molecule has 0 aromatic heterocycles. The predicted molar refractivity (Wildman–Crippen MR) is 57.2 cm³/mol. The van der Waals surface area contributed by atoms with Crippen molar-refractivity contribution >= 4 is 5.69 Å². The Hall–Kier alpha value is -1.70. The molecule has 1 aromatic carbocycles. The minimum Gasteiger partial charge on any atom is -0.347 e. The highest BCUT2D eigenvalue weighted by molar-refractivity contribution is 5.47. The smallest absolute Gasteiger partial charge is 0.0999 e. The molecule has 0 unspecified atom stereocenters. The van der Waals surface area contributed by atoms with Crippen LogP contribution in [0.1, 0.15) is 6.92 Å². The van der Waals surface area contributed by atoms with E-state index in [-0.39, 0.29) is 0 Å². The molecule has 2 nitrogen and oxygen atoms in total. The number of para-hydroxylation sites is 1. The van der Waals surface area contributed by atoms with Crippen LogP contribution in [0.4, 0.5) is 5.69 Å².